The van der Waals surface area contributed by atoms with Crippen molar-refractivity contribution in [3.63, 3.8) is 0 Å². The van der Waals surface area contributed by atoms with Crippen molar-refractivity contribution in [2.45, 2.75) is 63.8 Å². The minimum absolute atomic E-state index is 0.167. The number of nitrogens with zero attached hydrogens (tertiary/aromatic N) is 3. The predicted octanol–water partition coefficient (Wildman–Crippen LogP) is 3.83. The molecule has 2 aromatic heterocycles. The first-order valence-electron chi connectivity index (χ1n) is 10.1. The van der Waals surface area contributed by atoms with Crippen molar-refractivity contribution in [2.24, 2.45) is 5.73 Å². The molecule has 7 nitrogen and oxygen atoms in total. The number of thiazole rings is 1. The van der Waals surface area contributed by atoms with Crippen LogP contribution in [-0.4, -0.2) is 38.9 Å². The minimum atomic E-state index is -0.947. The number of pyridine rings is 1. The molecule has 1 atom stereocenters. The van der Waals surface area contributed by atoms with Crippen molar-refractivity contribution in [3.05, 3.63) is 29.7 Å². The van der Waals surface area contributed by atoms with E-state index in [1.54, 1.807) is 6.92 Å². The van der Waals surface area contributed by atoms with Crippen LogP contribution in [0.25, 0.3) is 10.4 Å². The molecule has 3 amide bonds. The Kier molecular flexibility index (Phi) is 4.85. The molecule has 0 bridgehead atoms. The minimum Gasteiger partial charge on any atom is -0.368 e. The number of anilines is 1. The third-order valence-corrected chi connectivity index (χ3v) is 7.65. The van der Waals surface area contributed by atoms with E-state index in [4.69, 9.17) is 5.73 Å². The van der Waals surface area contributed by atoms with E-state index in [9.17, 15) is 9.59 Å². The monoisotopic (exact) mass is 413 g/mol. The number of rotatable bonds is 4. The van der Waals surface area contributed by atoms with E-state index in [1.165, 1.54) is 35.5 Å². The highest BCUT2D eigenvalue weighted by Crippen LogP contribution is 2.43. The molecular formula is C21H27N5O2S. The van der Waals surface area contributed by atoms with E-state index in [2.05, 4.69) is 28.3 Å². The summed E-state index contributed by atoms with van der Waals surface area (Å²) in [7, 11) is 0. The second-order valence-corrected chi connectivity index (χ2v) is 9.60. The van der Waals surface area contributed by atoms with Gasteiger partial charge in [0.15, 0.2) is 5.13 Å². The molecule has 3 N–H and O–H groups in total. The summed E-state index contributed by atoms with van der Waals surface area (Å²) in [6.07, 6.45) is 6.78. The number of likely N-dealkylation sites (tertiary alicyclic amines) is 1. The molecule has 0 unspecified atom stereocenters. The highest BCUT2D eigenvalue weighted by molar-refractivity contribution is 7.19. The molecule has 154 valence electrons. The van der Waals surface area contributed by atoms with Gasteiger partial charge >= 0.3 is 6.03 Å². The Morgan fingerprint density at radius 2 is 2.00 bits per heavy atom. The molecule has 1 aliphatic carbocycles. The number of nitrogens with two attached hydrogens (primary N) is 1. The van der Waals surface area contributed by atoms with Gasteiger partial charge in [-0.1, -0.05) is 24.7 Å². The summed E-state index contributed by atoms with van der Waals surface area (Å²) < 4.78 is 0. The molecule has 8 heteroatoms. The lowest BCUT2D eigenvalue weighted by atomic mass is 9.68. The zero-order valence-corrected chi connectivity index (χ0v) is 17.9. The lowest BCUT2D eigenvalue weighted by molar-refractivity contribution is -0.126. The number of hydrogen-bond acceptors (Lipinski definition) is 5. The van der Waals surface area contributed by atoms with Crippen LogP contribution in [0.1, 0.15) is 57.3 Å². The molecule has 2 aromatic rings. The maximum absolute atomic E-state index is 12.8. The molecule has 4 rings (SSSR count). The summed E-state index contributed by atoms with van der Waals surface area (Å²) in [5.74, 6) is -0.477. The van der Waals surface area contributed by atoms with E-state index in [0.717, 1.165) is 28.2 Å². The van der Waals surface area contributed by atoms with Crippen LogP contribution >= 0.6 is 11.3 Å². The Bertz CT molecular complexity index is 968. The molecule has 2 fully saturated rings. The van der Waals surface area contributed by atoms with Crippen LogP contribution in [0.5, 0.6) is 0 Å². The van der Waals surface area contributed by atoms with Crippen molar-refractivity contribution < 1.29 is 9.59 Å². The lowest BCUT2D eigenvalue weighted by Crippen LogP contribution is -2.55. The van der Waals surface area contributed by atoms with Gasteiger partial charge in [-0.15, -0.1) is 0 Å². The fourth-order valence-corrected chi connectivity index (χ4v) is 5.24. The zero-order valence-electron chi connectivity index (χ0n) is 17.1. The fraction of sp³-hybridized carbons (Fsp3) is 0.524. The quantitative estimate of drug-likeness (QED) is 0.795. The molecule has 0 aromatic carbocycles. The molecule has 2 aliphatic rings. The van der Waals surface area contributed by atoms with Gasteiger partial charge in [-0.05, 0) is 57.2 Å². The third kappa shape index (κ3) is 3.39. The summed E-state index contributed by atoms with van der Waals surface area (Å²) in [4.78, 5) is 36.3. The first-order chi connectivity index (χ1) is 13.7. The van der Waals surface area contributed by atoms with E-state index in [0.29, 0.717) is 18.1 Å². The number of urea groups is 1. The number of primary amides is 1. The Morgan fingerprint density at radius 3 is 2.66 bits per heavy atom. The molecule has 1 saturated carbocycles. The van der Waals surface area contributed by atoms with E-state index in [-0.39, 0.29) is 11.4 Å². The molecule has 29 heavy (non-hydrogen) atoms. The van der Waals surface area contributed by atoms with Crippen LogP contribution < -0.4 is 11.1 Å². The van der Waals surface area contributed by atoms with Gasteiger partial charge in [-0.25, -0.2) is 9.78 Å². The van der Waals surface area contributed by atoms with E-state index >= 15 is 0 Å². The number of nitrogens with one attached hydrogen (secondary N) is 1. The van der Waals surface area contributed by atoms with Crippen molar-refractivity contribution in [3.8, 4) is 10.4 Å². The summed E-state index contributed by atoms with van der Waals surface area (Å²) in [6, 6.07) is 3.81. The maximum Gasteiger partial charge on any atom is 0.324 e. The van der Waals surface area contributed by atoms with E-state index in [1.807, 2.05) is 19.2 Å². The number of carbonyl (C=O) groups excluding carboxylic acids is 2. The normalized spacial score (nSPS) is 22.9. The van der Waals surface area contributed by atoms with Crippen LogP contribution in [-0.2, 0) is 10.2 Å². The zero-order chi connectivity index (χ0) is 20.8. The molecule has 3 heterocycles. The van der Waals surface area contributed by atoms with Gasteiger partial charge in [0.2, 0.25) is 5.91 Å². The van der Waals surface area contributed by atoms with Gasteiger partial charge in [-0.2, -0.15) is 0 Å². The molecule has 0 radical (unpaired) electrons. The highest BCUT2D eigenvalue weighted by Gasteiger charge is 2.44. The van der Waals surface area contributed by atoms with Gasteiger partial charge < -0.3 is 10.6 Å². The van der Waals surface area contributed by atoms with Gasteiger partial charge in [0.05, 0.1) is 10.6 Å². The molecule has 1 saturated heterocycles. The third-order valence-electron chi connectivity index (χ3n) is 6.53. The average molecular weight is 414 g/mol. The largest absolute Gasteiger partial charge is 0.368 e. The fourth-order valence-electron chi connectivity index (χ4n) is 4.29. The maximum atomic E-state index is 12.8. The number of amides is 3. The number of carbonyl (C=O) groups is 2. The predicted molar refractivity (Wildman–Crippen MR) is 114 cm³/mol. The Labute approximate surface area is 174 Å². The summed E-state index contributed by atoms with van der Waals surface area (Å²) in [5, 5.41) is 3.39. The standard InChI is InChI=1S/C21H27N5O2S/c1-13-16(14-6-10-23-15(12-14)20(2)7-4-8-20)29-18(24-13)25-19(28)26-11-5-9-21(26,3)17(22)27/h6,10,12H,4-5,7-9,11H2,1-3H3,(H2,22,27)(H,24,25,28)/t21-/m0/s1. The van der Waals surface area contributed by atoms with Gasteiger partial charge in [-0.3, -0.25) is 15.1 Å². The first kappa shape index (κ1) is 19.8. The topological polar surface area (TPSA) is 101 Å². The van der Waals surface area contributed by atoms with Gasteiger partial charge in [0.1, 0.15) is 5.54 Å². The van der Waals surface area contributed by atoms with Gasteiger partial charge in [0, 0.05) is 23.9 Å². The Balaban J connectivity index is 1.55. The second kappa shape index (κ2) is 7.09. The van der Waals surface area contributed by atoms with Crippen molar-refractivity contribution in [2.75, 3.05) is 11.9 Å². The van der Waals surface area contributed by atoms with Crippen LogP contribution in [0.2, 0.25) is 0 Å². The summed E-state index contributed by atoms with van der Waals surface area (Å²) >= 11 is 1.44. The van der Waals surface area contributed by atoms with Crippen molar-refractivity contribution >= 4 is 28.4 Å². The Morgan fingerprint density at radius 1 is 1.24 bits per heavy atom. The lowest BCUT2D eigenvalue weighted by Gasteiger charge is -2.37. The SMILES string of the molecule is Cc1nc(NC(=O)N2CCC[C@@]2(C)C(N)=O)sc1-c1ccnc(C2(C)CCC2)c1. The molecule has 0 spiro atoms. The number of aryl methyl sites for hydroxylation is 1. The van der Waals surface area contributed by atoms with Crippen molar-refractivity contribution in [1.82, 2.24) is 14.9 Å². The van der Waals surface area contributed by atoms with Crippen LogP contribution in [0.15, 0.2) is 18.3 Å². The summed E-state index contributed by atoms with van der Waals surface area (Å²) in [6.45, 7) is 6.43. The van der Waals surface area contributed by atoms with Gasteiger partial charge in [0.25, 0.3) is 0 Å². The highest BCUT2D eigenvalue weighted by atomic mass is 32.1. The van der Waals surface area contributed by atoms with Crippen molar-refractivity contribution in [1.29, 1.82) is 0 Å². The first-order valence-corrected chi connectivity index (χ1v) is 10.9. The number of aromatic nitrogens is 2. The number of hydrogen-bond donors (Lipinski definition) is 2. The van der Waals surface area contributed by atoms with Crippen LogP contribution in [0, 0.1) is 6.92 Å². The molecule has 1 aliphatic heterocycles. The second-order valence-electron chi connectivity index (χ2n) is 8.60. The van der Waals surface area contributed by atoms with Crippen LogP contribution in [0.3, 0.4) is 0 Å². The van der Waals surface area contributed by atoms with Crippen LogP contribution in [0.4, 0.5) is 9.93 Å². The molecular weight excluding hydrogens is 386 g/mol. The average Bonchev–Trinajstić information content (AvgIpc) is 3.23. The van der Waals surface area contributed by atoms with E-state index < -0.39 is 11.4 Å². The summed E-state index contributed by atoms with van der Waals surface area (Å²) in [5.41, 5.74) is 7.82. The Hall–Kier alpha value is -2.48. The smallest absolute Gasteiger partial charge is 0.324 e.